The minimum Gasteiger partial charge on any atom is -0.336 e. The molecule has 144 valence electrons. The third-order valence-corrected chi connectivity index (χ3v) is 5.69. The Bertz CT molecular complexity index is 785. The molecular weight excluding hydrogens is 334 g/mol. The van der Waals surface area contributed by atoms with Gasteiger partial charge in [-0.1, -0.05) is 42.5 Å². The van der Waals surface area contributed by atoms with Crippen LogP contribution < -0.4 is 0 Å². The number of benzene rings is 1. The van der Waals surface area contributed by atoms with Gasteiger partial charge in [-0.15, -0.1) is 0 Å². The molecule has 0 bridgehead atoms. The van der Waals surface area contributed by atoms with Gasteiger partial charge in [0.2, 0.25) is 5.91 Å². The summed E-state index contributed by atoms with van der Waals surface area (Å²) in [7, 11) is 1.95. The van der Waals surface area contributed by atoms with Crippen LogP contribution in [0.15, 0.2) is 48.6 Å². The topological polar surface area (TPSA) is 38.1 Å². The normalized spacial score (nSPS) is 17.1. The third kappa shape index (κ3) is 4.49. The molecule has 1 unspecified atom stereocenters. The van der Waals surface area contributed by atoms with Crippen LogP contribution in [0, 0.1) is 12.8 Å². The first-order valence-corrected chi connectivity index (χ1v) is 9.87. The minimum atomic E-state index is -0.560. The molecule has 2 aromatic rings. The molecule has 0 aliphatic heterocycles. The van der Waals surface area contributed by atoms with Gasteiger partial charge in [0.25, 0.3) is 0 Å². The first-order valence-electron chi connectivity index (χ1n) is 9.87. The molecule has 1 amide bonds. The van der Waals surface area contributed by atoms with Crippen LogP contribution in [0.1, 0.15) is 50.1 Å². The first-order chi connectivity index (χ1) is 12.9. The lowest BCUT2D eigenvalue weighted by Gasteiger charge is -2.34. The number of aromatic nitrogens is 2. The molecule has 1 aromatic carbocycles. The molecule has 1 aliphatic carbocycles. The summed E-state index contributed by atoms with van der Waals surface area (Å²) in [6.07, 6.45) is 7.81. The van der Waals surface area contributed by atoms with Crippen molar-refractivity contribution in [1.82, 2.24) is 14.7 Å². The second kappa shape index (κ2) is 8.12. The average molecular weight is 366 g/mol. The second-order valence-electron chi connectivity index (χ2n) is 8.23. The molecule has 27 heavy (non-hydrogen) atoms. The van der Waals surface area contributed by atoms with Gasteiger partial charge in [-0.05, 0) is 57.6 Å². The maximum atomic E-state index is 13.6. The van der Waals surface area contributed by atoms with Gasteiger partial charge >= 0.3 is 0 Å². The van der Waals surface area contributed by atoms with E-state index in [2.05, 4.69) is 23.3 Å². The van der Waals surface area contributed by atoms with E-state index in [0.29, 0.717) is 12.5 Å². The fraction of sp³-hybridized carbons (Fsp3) is 0.478. The molecular formula is C23H31N3O. The van der Waals surface area contributed by atoms with Crippen LogP contribution in [0.5, 0.6) is 0 Å². The fourth-order valence-electron chi connectivity index (χ4n) is 3.83. The Kier molecular flexibility index (Phi) is 5.83. The molecule has 0 saturated carbocycles. The maximum Gasteiger partial charge on any atom is 0.233 e. The molecule has 4 nitrogen and oxygen atoms in total. The number of hydrogen-bond acceptors (Lipinski definition) is 2. The van der Waals surface area contributed by atoms with E-state index in [1.807, 2.05) is 67.7 Å². The molecule has 0 fully saturated rings. The zero-order chi connectivity index (χ0) is 19.4. The van der Waals surface area contributed by atoms with Crippen LogP contribution >= 0.6 is 0 Å². The van der Waals surface area contributed by atoms with Crippen LogP contribution in [0.3, 0.4) is 0 Å². The van der Waals surface area contributed by atoms with Crippen LogP contribution in [0.4, 0.5) is 0 Å². The Morgan fingerprint density at radius 1 is 1.26 bits per heavy atom. The monoisotopic (exact) mass is 365 g/mol. The van der Waals surface area contributed by atoms with Gasteiger partial charge in [0.15, 0.2) is 0 Å². The van der Waals surface area contributed by atoms with Crippen LogP contribution in [0.25, 0.3) is 0 Å². The zero-order valence-corrected chi connectivity index (χ0v) is 17.0. The van der Waals surface area contributed by atoms with E-state index >= 15 is 0 Å². The lowest BCUT2D eigenvalue weighted by Crippen LogP contribution is -2.45. The Labute approximate surface area is 162 Å². The van der Waals surface area contributed by atoms with Gasteiger partial charge in [0.1, 0.15) is 0 Å². The van der Waals surface area contributed by atoms with E-state index in [9.17, 15) is 4.79 Å². The summed E-state index contributed by atoms with van der Waals surface area (Å²) in [5, 5.41) is 4.59. The van der Waals surface area contributed by atoms with Gasteiger partial charge < -0.3 is 4.90 Å². The number of nitrogens with zero attached hydrogens (tertiary/aromatic N) is 3. The van der Waals surface area contributed by atoms with Crippen molar-refractivity contribution < 1.29 is 4.79 Å². The second-order valence-corrected chi connectivity index (χ2v) is 8.23. The molecule has 1 aromatic heterocycles. The predicted molar refractivity (Wildman–Crippen MR) is 109 cm³/mol. The molecule has 1 aliphatic rings. The number of aryl methyl sites for hydroxylation is 2. The maximum absolute atomic E-state index is 13.6. The lowest BCUT2D eigenvalue weighted by molar-refractivity contribution is -0.137. The largest absolute Gasteiger partial charge is 0.336 e. The van der Waals surface area contributed by atoms with Crippen molar-refractivity contribution in [3.63, 3.8) is 0 Å². The number of rotatable bonds is 6. The van der Waals surface area contributed by atoms with Crippen molar-refractivity contribution in [2.45, 2.75) is 52.0 Å². The SMILES string of the molecule is Cc1cc(CN(CC2CC=CCC2)C(=O)C(C)(C)c2ccccc2)nn1C. The van der Waals surface area contributed by atoms with Crippen molar-refractivity contribution in [2.75, 3.05) is 6.54 Å². The van der Waals surface area contributed by atoms with Crippen LogP contribution in [0.2, 0.25) is 0 Å². The molecule has 3 rings (SSSR count). The molecule has 0 N–H and O–H groups in total. The van der Waals surface area contributed by atoms with Crippen molar-refractivity contribution in [1.29, 1.82) is 0 Å². The summed E-state index contributed by atoms with van der Waals surface area (Å²) >= 11 is 0. The van der Waals surface area contributed by atoms with Crippen molar-refractivity contribution >= 4 is 5.91 Å². The average Bonchev–Trinajstić information content (AvgIpc) is 2.99. The molecule has 4 heteroatoms. The van der Waals surface area contributed by atoms with Crippen LogP contribution in [-0.4, -0.2) is 27.1 Å². The predicted octanol–water partition coefficient (Wildman–Crippen LogP) is 4.39. The van der Waals surface area contributed by atoms with Crippen molar-refractivity contribution in [3.8, 4) is 0 Å². The number of carbonyl (C=O) groups excluding carboxylic acids is 1. The quantitative estimate of drug-likeness (QED) is 0.712. The number of carbonyl (C=O) groups is 1. The van der Waals surface area contributed by atoms with E-state index in [0.717, 1.165) is 42.8 Å². The Balaban J connectivity index is 1.85. The molecule has 0 radical (unpaired) electrons. The zero-order valence-electron chi connectivity index (χ0n) is 17.0. The molecule has 1 atom stereocenters. The van der Waals surface area contributed by atoms with Gasteiger partial charge in [0.05, 0.1) is 17.7 Å². The summed E-state index contributed by atoms with van der Waals surface area (Å²) in [6.45, 7) is 7.46. The Morgan fingerprint density at radius 2 is 2.00 bits per heavy atom. The van der Waals surface area contributed by atoms with E-state index in [1.165, 1.54) is 0 Å². The lowest BCUT2D eigenvalue weighted by atomic mass is 9.82. The van der Waals surface area contributed by atoms with Crippen molar-refractivity contribution in [2.24, 2.45) is 13.0 Å². The summed E-state index contributed by atoms with van der Waals surface area (Å²) in [4.78, 5) is 15.6. The van der Waals surface area contributed by atoms with Crippen molar-refractivity contribution in [3.05, 3.63) is 65.5 Å². The van der Waals surface area contributed by atoms with E-state index in [4.69, 9.17) is 0 Å². The third-order valence-electron chi connectivity index (χ3n) is 5.69. The van der Waals surface area contributed by atoms with E-state index < -0.39 is 5.41 Å². The smallest absolute Gasteiger partial charge is 0.233 e. The summed E-state index contributed by atoms with van der Waals surface area (Å²) < 4.78 is 1.88. The molecule has 0 saturated heterocycles. The number of amides is 1. The fourth-order valence-corrected chi connectivity index (χ4v) is 3.83. The standard InChI is InChI=1S/C23H31N3O/c1-18-15-21(24-25(18)4)17-26(16-19-11-7-5-8-12-19)22(27)23(2,3)20-13-9-6-10-14-20/h5-7,9-10,13-15,19H,8,11-12,16-17H2,1-4H3. The number of allylic oxidation sites excluding steroid dienone is 2. The number of hydrogen-bond donors (Lipinski definition) is 0. The van der Waals surface area contributed by atoms with Gasteiger partial charge in [-0.2, -0.15) is 5.10 Å². The Hall–Kier alpha value is -2.36. The van der Waals surface area contributed by atoms with E-state index in [-0.39, 0.29) is 5.91 Å². The summed E-state index contributed by atoms with van der Waals surface area (Å²) in [5.74, 6) is 0.696. The highest BCUT2D eigenvalue weighted by Crippen LogP contribution is 2.28. The minimum absolute atomic E-state index is 0.173. The molecule has 1 heterocycles. The van der Waals surface area contributed by atoms with E-state index in [1.54, 1.807) is 0 Å². The molecule has 0 spiro atoms. The van der Waals surface area contributed by atoms with Crippen LogP contribution in [-0.2, 0) is 23.8 Å². The van der Waals surface area contributed by atoms with Gasteiger partial charge in [0, 0.05) is 19.3 Å². The highest BCUT2D eigenvalue weighted by molar-refractivity contribution is 5.87. The highest BCUT2D eigenvalue weighted by Gasteiger charge is 2.35. The highest BCUT2D eigenvalue weighted by atomic mass is 16.2. The first kappa shape index (κ1) is 19.4. The summed E-state index contributed by atoms with van der Waals surface area (Å²) in [6, 6.07) is 12.2. The Morgan fingerprint density at radius 3 is 2.59 bits per heavy atom. The van der Waals surface area contributed by atoms with Gasteiger partial charge in [-0.3, -0.25) is 9.48 Å². The summed E-state index contributed by atoms with van der Waals surface area (Å²) in [5.41, 5.74) is 2.56. The van der Waals surface area contributed by atoms with Gasteiger partial charge in [-0.25, -0.2) is 0 Å².